The molecule has 0 N–H and O–H groups in total. The third-order valence-corrected chi connectivity index (χ3v) is 1.33. The van der Waals surface area contributed by atoms with Crippen molar-refractivity contribution in [2.75, 3.05) is 12.0 Å². The summed E-state index contributed by atoms with van der Waals surface area (Å²) in [5, 5.41) is 0. The van der Waals surface area contributed by atoms with Crippen molar-refractivity contribution in [2.24, 2.45) is 0 Å². The van der Waals surface area contributed by atoms with Crippen LogP contribution in [0, 0.1) is 12.3 Å². The van der Waals surface area contributed by atoms with Crippen LogP contribution in [-0.2, 0) is 9.53 Å². The van der Waals surface area contributed by atoms with Crippen LogP contribution in [0.4, 0.5) is 0 Å². The summed E-state index contributed by atoms with van der Waals surface area (Å²) in [6.07, 6.45) is 6.41. The Morgan fingerprint density at radius 2 is 2.50 bits per heavy atom. The first-order chi connectivity index (χ1) is 4.70. The Hall–Kier alpha value is -0.620. The van der Waals surface area contributed by atoms with Crippen LogP contribution in [-0.4, -0.2) is 24.1 Å². The van der Waals surface area contributed by atoms with Crippen molar-refractivity contribution < 1.29 is 9.53 Å². The first-order valence-corrected chi connectivity index (χ1v) is 4.24. The van der Waals surface area contributed by atoms with Crippen molar-refractivity contribution in [1.29, 1.82) is 0 Å². The Balaban J connectivity index is 3.49. The molecule has 0 aliphatic rings. The monoisotopic (exact) mass is 158 g/mol. The molecule has 0 rings (SSSR count). The number of rotatable bonds is 3. The molecule has 0 aromatic heterocycles. The smallest absolute Gasteiger partial charge is 0.317 e. The highest BCUT2D eigenvalue weighted by Crippen LogP contribution is 1.96. The molecule has 1 atom stereocenters. The number of carbonyl (C=O) groups is 1. The number of carbonyl (C=O) groups excluding carboxylic acids is 1. The Morgan fingerprint density at radius 3 is 2.90 bits per heavy atom. The summed E-state index contributed by atoms with van der Waals surface area (Å²) < 4.78 is 4.74. The molecule has 0 aliphatic heterocycles. The second kappa shape index (κ2) is 5.19. The molecule has 0 saturated heterocycles. The quantitative estimate of drug-likeness (QED) is 0.451. The summed E-state index contributed by atoms with van der Waals surface area (Å²) in [6, 6.07) is 0. The van der Waals surface area contributed by atoms with E-state index >= 15 is 0 Å². The van der Waals surface area contributed by atoms with Gasteiger partial charge >= 0.3 is 5.97 Å². The molecule has 1 unspecified atom stereocenters. The van der Waals surface area contributed by atoms with E-state index in [0.717, 1.165) is 0 Å². The molecule has 0 aromatic rings. The third kappa shape index (κ3) is 4.28. The van der Waals surface area contributed by atoms with E-state index < -0.39 is 6.10 Å². The van der Waals surface area contributed by atoms with Crippen LogP contribution >= 0.6 is 11.8 Å². The van der Waals surface area contributed by atoms with Gasteiger partial charge in [0.1, 0.15) is 0 Å². The van der Waals surface area contributed by atoms with Gasteiger partial charge in [-0.15, -0.1) is 6.42 Å². The average molecular weight is 158 g/mol. The topological polar surface area (TPSA) is 26.3 Å². The Morgan fingerprint density at radius 1 is 1.90 bits per heavy atom. The van der Waals surface area contributed by atoms with Gasteiger partial charge in [-0.3, -0.25) is 4.79 Å². The van der Waals surface area contributed by atoms with Gasteiger partial charge in [0.15, 0.2) is 6.10 Å². The molecular formula is C7H10O2S. The van der Waals surface area contributed by atoms with Crippen LogP contribution in [0.1, 0.15) is 6.92 Å². The molecule has 2 nitrogen and oxygen atoms in total. The maximum absolute atomic E-state index is 10.7. The lowest BCUT2D eigenvalue weighted by molar-refractivity contribution is -0.142. The highest BCUT2D eigenvalue weighted by molar-refractivity contribution is 7.99. The standard InChI is InChI=1S/C7H10O2S/c1-4-6(2)9-7(8)5-10-3/h1,6H,5H2,2-3H3. The van der Waals surface area contributed by atoms with Crippen LogP contribution < -0.4 is 0 Å². The normalized spacial score (nSPS) is 11.7. The molecular weight excluding hydrogens is 148 g/mol. The van der Waals surface area contributed by atoms with E-state index in [1.165, 1.54) is 11.8 Å². The second-order valence-corrected chi connectivity index (χ2v) is 2.60. The summed E-state index contributed by atoms with van der Waals surface area (Å²) in [4.78, 5) is 10.7. The Bertz CT molecular complexity index is 148. The third-order valence-electron chi connectivity index (χ3n) is 0.805. The van der Waals surface area contributed by atoms with E-state index in [-0.39, 0.29) is 5.97 Å². The highest BCUT2D eigenvalue weighted by atomic mass is 32.2. The fourth-order valence-electron chi connectivity index (χ4n) is 0.383. The van der Waals surface area contributed by atoms with Gasteiger partial charge in [0.05, 0.1) is 5.75 Å². The zero-order valence-corrected chi connectivity index (χ0v) is 6.90. The highest BCUT2D eigenvalue weighted by Gasteiger charge is 2.04. The van der Waals surface area contributed by atoms with Crippen molar-refractivity contribution in [3.05, 3.63) is 0 Å². The van der Waals surface area contributed by atoms with Crippen molar-refractivity contribution in [1.82, 2.24) is 0 Å². The molecule has 0 aromatic carbocycles. The first kappa shape index (κ1) is 9.38. The Kier molecular flexibility index (Phi) is 4.87. The fraction of sp³-hybridized carbons (Fsp3) is 0.571. The minimum absolute atomic E-state index is 0.252. The largest absolute Gasteiger partial charge is 0.449 e. The molecule has 56 valence electrons. The summed E-state index contributed by atoms with van der Waals surface area (Å²) in [7, 11) is 0. The maximum atomic E-state index is 10.7. The van der Waals surface area contributed by atoms with Crippen molar-refractivity contribution in [3.63, 3.8) is 0 Å². The molecule has 0 aliphatic carbocycles. The van der Waals surface area contributed by atoms with Gasteiger partial charge in [0, 0.05) is 0 Å². The number of terminal acetylenes is 1. The Labute approximate surface area is 65.3 Å². The van der Waals surface area contributed by atoms with E-state index in [4.69, 9.17) is 11.2 Å². The summed E-state index contributed by atoms with van der Waals surface area (Å²) in [5.74, 6) is 2.42. The van der Waals surface area contributed by atoms with Gasteiger partial charge < -0.3 is 4.74 Å². The predicted molar refractivity (Wildman–Crippen MR) is 42.8 cm³/mol. The van der Waals surface area contributed by atoms with Crippen molar-refractivity contribution >= 4 is 17.7 Å². The molecule has 0 bridgehead atoms. The molecule has 0 heterocycles. The lowest BCUT2D eigenvalue weighted by Crippen LogP contribution is -2.14. The lowest BCUT2D eigenvalue weighted by Gasteiger charge is -2.04. The second-order valence-electron chi connectivity index (χ2n) is 1.73. The minimum atomic E-state index is -0.403. The summed E-state index contributed by atoms with van der Waals surface area (Å²) in [5.41, 5.74) is 0. The first-order valence-electron chi connectivity index (χ1n) is 2.85. The number of esters is 1. The van der Waals surface area contributed by atoms with Crippen LogP contribution in [0.25, 0.3) is 0 Å². The maximum Gasteiger partial charge on any atom is 0.317 e. The number of hydrogen-bond donors (Lipinski definition) is 0. The molecule has 0 amide bonds. The molecule has 0 fully saturated rings. The number of hydrogen-bond acceptors (Lipinski definition) is 3. The van der Waals surface area contributed by atoms with Gasteiger partial charge in [-0.1, -0.05) is 5.92 Å². The molecule has 0 spiro atoms. The van der Waals surface area contributed by atoms with E-state index in [1.54, 1.807) is 6.92 Å². The average Bonchev–Trinajstić information content (AvgIpc) is 1.88. The van der Waals surface area contributed by atoms with Crippen LogP contribution in [0.15, 0.2) is 0 Å². The zero-order chi connectivity index (χ0) is 7.98. The number of thioether (sulfide) groups is 1. The fourth-order valence-corrected chi connectivity index (χ4v) is 0.687. The van der Waals surface area contributed by atoms with Gasteiger partial charge in [-0.25, -0.2) is 0 Å². The van der Waals surface area contributed by atoms with E-state index in [9.17, 15) is 4.79 Å². The van der Waals surface area contributed by atoms with E-state index in [1.807, 2.05) is 6.26 Å². The van der Waals surface area contributed by atoms with Gasteiger partial charge in [0.2, 0.25) is 0 Å². The minimum Gasteiger partial charge on any atom is -0.449 e. The lowest BCUT2D eigenvalue weighted by atomic mass is 10.4. The van der Waals surface area contributed by atoms with Crippen LogP contribution in [0.3, 0.4) is 0 Å². The van der Waals surface area contributed by atoms with Gasteiger partial charge in [-0.2, -0.15) is 11.8 Å². The zero-order valence-electron chi connectivity index (χ0n) is 6.09. The number of ether oxygens (including phenoxy) is 1. The molecule has 0 saturated carbocycles. The van der Waals surface area contributed by atoms with Crippen molar-refractivity contribution in [3.8, 4) is 12.3 Å². The van der Waals surface area contributed by atoms with E-state index in [2.05, 4.69) is 5.92 Å². The summed E-state index contributed by atoms with van der Waals surface area (Å²) in [6.45, 7) is 1.66. The van der Waals surface area contributed by atoms with Crippen LogP contribution in [0.5, 0.6) is 0 Å². The van der Waals surface area contributed by atoms with Crippen molar-refractivity contribution in [2.45, 2.75) is 13.0 Å². The molecule has 0 radical (unpaired) electrons. The van der Waals surface area contributed by atoms with Gasteiger partial charge in [0.25, 0.3) is 0 Å². The summed E-state index contributed by atoms with van der Waals surface area (Å²) >= 11 is 1.42. The van der Waals surface area contributed by atoms with E-state index in [0.29, 0.717) is 5.75 Å². The SMILES string of the molecule is C#CC(C)OC(=O)CSC. The molecule has 3 heteroatoms. The predicted octanol–water partition coefficient (Wildman–Crippen LogP) is 0.914. The van der Waals surface area contributed by atoms with Crippen LogP contribution in [0.2, 0.25) is 0 Å². The van der Waals surface area contributed by atoms with Gasteiger partial charge in [-0.05, 0) is 13.2 Å². The molecule has 10 heavy (non-hydrogen) atoms.